The van der Waals surface area contributed by atoms with Gasteiger partial charge in [-0.1, -0.05) is 48.5 Å². The number of nitrogens with zero attached hydrogens (tertiary/aromatic N) is 2. The van der Waals surface area contributed by atoms with E-state index in [-0.39, 0.29) is 17.2 Å². The number of rotatable bonds is 5. The molecule has 0 bridgehead atoms. The number of hydrogen-bond acceptors (Lipinski definition) is 4. The molecule has 1 N–H and O–H groups in total. The van der Waals surface area contributed by atoms with Crippen LogP contribution in [0.1, 0.15) is 26.9 Å². The molecule has 0 aromatic heterocycles. The lowest BCUT2D eigenvalue weighted by molar-refractivity contribution is -0.115. The molecule has 2 amide bonds. The Labute approximate surface area is 192 Å². The Morgan fingerprint density at radius 1 is 1.03 bits per heavy atom. The molecule has 3 aromatic rings. The third-order valence-corrected chi connectivity index (χ3v) is 6.83. The number of anilines is 1. The Morgan fingerprint density at radius 3 is 2.47 bits per heavy atom. The van der Waals surface area contributed by atoms with Gasteiger partial charge in [-0.05, 0) is 58.5 Å². The van der Waals surface area contributed by atoms with Gasteiger partial charge in [-0.2, -0.15) is 5.10 Å². The number of carbonyl (C=O) groups is 2. The van der Waals surface area contributed by atoms with E-state index in [1.807, 2.05) is 54.6 Å². The Hall–Kier alpha value is -2.65. The molecule has 3 aromatic carbocycles. The molecule has 1 aliphatic heterocycles. The van der Waals surface area contributed by atoms with E-state index in [0.29, 0.717) is 11.3 Å². The quantitative estimate of drug-likeness (QED) is 0.294. The molecule has 1 fully saturated rings. The van der Waals surface area contributed by atoms with Crippen LogP contribution in [0, 0.1) is 3.57 Å². The minimum absolute atomic E-state index is 0.0590. The lowest BCUT2D eigenvalue weighted by Gasteiger charge is -2.24. The van der Waals surface area contributed by atoms with Gasteiger partial charge in [-0.25, -0.2) is 5.43 Å². The van der Waals surface area contributed by atoms with E-state index in [1.165, 1.54) is 0 Å². The second kappa shape index (κ2) is 9.44. The van der Waals surface area contributed by atoms with Crippen LogP contribution >= 0.6 is 34.4 Å². The van der Waals surface area contributed by atoms with Gasteiger partial charge in [0, 0.05) is 20.4 Å². The van der Waals surface area contributed by atoms with Gasteiger partial charge in [0.05, 0.1) is 12.0 Å². The predicted octanol–water partition coefficient (Wildman–Crippen LogP) is 4.83. The first-order valence-electron chi connectivity index (χ1n) is 9.30. The van der Waals surface area contributed by atoms with Crippen molar-refractivity contribution in [3.8, 4) is 0 Å². The fourth-order valence-electron chi connectivity index (χ4n) is 3.15. The number of halogens is 1. The van der Waals surface area contributed by atoms with Crippen molar-refractivity contribution < 1.29 is 9.59 Å². The van der Waals surface area contributed by atoms with Crippen molar-refractivity contribution in [1.82, 2.24) is 5.43 Å². The molecule has 4 rings (SSSR count). The van der Waals surface area contributed by atoms with E-state index in [2.05, 4.69) is 33.1 Å². The molecule has 0 unspecified atom stereocenters. The first-order valence-corrected chi connectivity index (χ1v) is 11.4. The van der Waals surface area contributed by atoms with E-state index < -0.39 is 0 Å². The van der Waals surface area contributed by atoms with Gasteiger partial charge < -0.3 is 0 Å². The normalized spacial score (nSPS) is 16.2. The second-order valence-electron chi connectivity index (χ2n) is 6.61. The highest BCUT2D eigenvalue weighted by Gasteiger charge is 2.33. The van der Waals surface area contributed by atoms with Crippen LogP contribution in [-0.4, -0.2) is 23.8 Å². The van der Waals surface area contributed by atoms with Gasteiger partial charge >= 0.3 is 0 Å². The largest absolute Gasteiger partial charge is 0.295 e. The maximum absolute atomic E-state index is 12.5. The molecule has 7 heteroatoms. The van der Waals surface area contributed by atoms with Crippen molar-refractivity contribution in [2.75, 3.05) is 10.7 Å². The van der Waals surface area contributed by atoms with Gasteiger partial charge in [0.25, 0.3) is 5.91 Å². The highest BCUT2D eigenvalue weighted by molar-refractivity contribution is 14.1. The van der Waals surface area contributed by atoms with Crippen molar-refractivity contribution in [2.24, 2.45) is 5.10 Å². The van der Waals surface area contributed by atoms with Crippen LogP contribution in [0.4, 0.5) is 5.69 Å². The van der Waals surface area contributed by atoms with Gasteiger partial charge in [0.2, 0.25) is 5.91 Å². The number of carbonyl (C=O) groups excluding carboxylic acids is 2. The number of nitrogens with one attached hydrogen (secondary N) is 1. The average Bonchev–Trinajstić information content (AvgIpc) is 3.17. The Bertz CT molecular complexity index is 1090. The molecule has 0 spiro atoms. The third kappa shape index (κ3) is 4.57. The van der Waals surface area contributed by atoms with E-state index in [1.54, 1.807) is 47.1 Å². The summed E-state index contributed by atoms with van der Waals surface area (Å²) in [5.41, 5.74) is 5.83. The van der Waals surface area contributed by atoms with Crippen molar-refractivity contribution in [1.29, 1.82) is 0 Å². The van der Waals surface area contributed by atoms with Crippen LogP contribution in [0.25, 0.3) is 0 Å². The van der Waals surface area contributed by atoms with E-state index >= 15 is 0 Å². The van der Waals surface area contributed by atoms with Crippen LogP contribution in [0.5, 0.6) is 0 Å². The van der Waals surface area contributed by atoms with Crippen LogP contribution in [-0.2, 0) is 4.79 Å². The first-order chi connectivity index (χ1) is 14.6. The topological polar surface area (TPSA) is 61.8 Å². The van der Waals surface area contributed by atoms with E-state index in [0.717, 1.165) is 20.4 Å². The Morgan fingerprint density at radius 2 is 1.73 bits per heavy atom. The van der Waals surface area contributed by atoms with E-state index in [4.69, 9.17) is 0 Å². The summed E-state index contributed by atoms with van der Waals surface area (Å²) < 4.78 is 1.05. The zero-order valence-corrected chi connectivity index (χ0v) is 18.8. The molecule has 0 saturated carbocycles. The van der Waals surface area contributed by atoms with Gasteiger partial charge in [-0.3, -0.25) is 14.5 Å². The maximum atomic E-state index is 12.5. The summed E-state index contributed by atoms with van der Waals surface area (Å²) in [6.07, 6.45) is 1.62. The van der Waals surface area contributed by atoms with Crippen molar-refractivity contribution in [3.63, 3.8) is 0 Å². The lowest BCUT2D eigenvalue weighted by Crippen LogP contribution is -2.28. The van der Waals surface area contributed by atoms with Gasteiger partial charge in [0.1, 0.15) is 5.37 Å². The van der Waals surface area contributed by atoms with Crippen LogP contribution in [0.2, 0.25) is 0 Å². The minimum atomic E-state index is -0.300. The molecule has 150 valence electrons. The van der Waals surface area contributed by atoms with Crippen molar-refractivity contribution in [3.05, 3.63) is 99.1 Å². The highest BCUT2D eigenvalue weighted by atomic mass is 127. The summed E-state index contributed by atoms with van der Waals surface area (Å²) in [5.74, 6) is 0.202. The zero-order valence-electron chi connectivity index (χ0n) is 15.9. The molecule has 1 aliphatic rings. The molecular formula is C23H18IN3O2S. The van der Waals surface area contributed by atoms with Gasteiger partial charge in [-0.15, -0.1) is 11.8 Å². The zero-order chi connectivity index (χ0) is 20.9. The number of amides is 2. The van der Waals surface area contributed by atoms with Gasteiger partial charge in [0.15, 0.2) is 0 Å². The van der Waals surface area contributed by atoms with Crippen LogP contribution in [0.3, 0.4) is 0 Å². The molecule has 1 saturated heterocycles. The summed E-state index contributed by atoms with van der Waals surface area (Å²) in [6, 6.07) is 24.8. The summed E-state index contributed by atoms with van der Waals surface area (Å²) >= 11 is 3.82. The first kappa shape index (κ1) is 20.6. The number of thioether (sulfide) groups is 1. The Balaban J connectivity index is 1.46. The number of hydrazone groups is 1. The smallest absolute Gasteiger partial charge is 0.271 e. The number of benzene rings is 3. The van der Waals surface area contributed by atoms with Crippen LogP contribution in [0.15, 0.2) is 84.0 Å². The standard InChI is InChI=1S/C23H18IN3O2S/c24-20-9-5-4-8-18(20)14-25-26-22(29)16-10-12-19(13-11-16)27-21(28)15-30-23(27)17-6-2-1-3-7-17/h1-14,23H,15H2,(H,26,29)/t23-/m1/s1. The maximum Gasteiger partial charge on any atom is 0.271 e. The summed E-state index contributed by atoms with van der Waals surface area (Å²) in [6.45, 7) is 0. The second-order valence-corrected chi connectivity index (χ2v) is 8.84. The molecule has 5 nitrogen and oxygen atoms in total. The third-order valence-electron chi connectivity index (χ3n) is 4.64. The number of hydrogen-bond donors (Lipinski definition) is 1. The summed E-state index contributed by atoms with van der Waals surface area (Å²) in [5, 5.41) is 3.99. The molecular weight excluding hydrogens is 509 g/mol. The molecule has 1 atom stereocenters. The summed E-state index contributed by atoms with van der Waals surface area (Å²) in [7, 11) is 0. The van der Waals surface area contributed by atoms with Crippen LogP contribution < -0.4 is 10.3 Å². The Kier molecular flexibility index (Phi) is 6.49. The predicted molar refractivity (Wildman–Crippen MR) is 130 cm³/mol. The van der Waals surface area contributed by atoms with Crippen molar-refractivity contribution in [2.45, 2.75) is 5.37 Å². The summed E-state index contributed by atoms with van der Waals surface area (Å²) in [4.78, 5) is 26.7. The van der Waals surface area contributed by atoms with E-state index in [9.17, 15) is 9.59 Å². The minimum Gasteiger partial charge on any atom is -0.295 e. The SMILES string of the molecule is O=C(NN=Cc1ccccc1I)c1ccc(N2C(=O)CS[C@@H]2c2ccccc2)cc1. The molecule has 1 heterocycles. The molecule has 30 heavy (non-hydrogen) atoms. The lowest BCUT2D eigenvalue weighted by atomic mass is 10.1. The molecule has 0 aliphatic carbocycles. The molecule has 0 radical (unpaired) electrons. The fourth-order valence-corrected chi connectivity index (χ4v) is 4.85. The fraction of sp³-hybridized carbons (Fsp3) is 0.0870. The average molecular weight is 527 g/mol. The highest BCUT2D eigenvalue weighted by Crippen LogP contribution is 2.41. The monoisotopic (exact) mass is 527 g/mol. The van der Waals surface area contributed by atoms with Crippen molar-refractivity contribution >= 4 is 58.1 Å².